The molecule has 3 aromatic carbocycles. The van der Waals surface area contributed by atoms with Crippen molar-refractivity contribution >= 4 is 74.2 Å². The molecule has 0 aliphatic carbocycles. The molecule has 5 heterocycles. The van der Waals surface area contributed by atoms with Crippen LogP contribution in [0.25, 0.3) is 10.9 Å². The highest BCUT2D eigenvalue weighted by Gasteiger charge is 2.57. The van der Waals surface area contributed by atoms with Crippen molar-refractivity contribution < 1.29 is 28.7 Å². The van der Waals surface area contributed by atoms with Gasteiger partial charge in [0.05, 0.1) is 6.20 Å². The van der Waals surface area contributed by atoms with E-state index in [1.807, 2.05) is 102 Å². The summed E-state index contributed by atoms with van der Waals surface area (Å²) in [6.07, 6.45) is 6.87. The van der Waals surface area contributed by atoms with E-state index in [9.17, 15) is 23.9 Å². The largest absolute Gasteiger partial charge is 0.481 e. The molecule has 2 saturated heterocycles. The molecule has 8 rings (SSSR count). The number of thioether (sulfide) groups is 1. The summed E-state index contributed by atoms with van der Waals surface area (Å²) in [7, 11) is 0. The molecule has 2 fully saturated rings. The monoisotopic (exact) mass is 808 g/mol. The Hall–Kier alpha value is -5.91. The van der Waals surface area contributed by atoms with Crippen molar-refractivity contribution in [1.82, 2.24) is 29.0 Å². The van der Waals surface area contributed by atoms with Gasteiger partial charge in [-0.1, -0.05) is 102 Å². The molecule has 2 aliphatic rings. The van der Waals surface area contributed by atoms with Crippen LogP contribution in [0.2, 0.25) is 0 Å². The van der Waals surface area contributed by atoms with Crippen LogP contribution in [0.5, 0.6) is 0 Å². The van der Waals surface area contributed by atoms with Crippen LogP contribution < -0.4 is 10.6 Å². The molecule has 2 aliphatic heterocycles. The number of carbonyl (C=O) groups is 3. The van der Waals surface area contributed by atoms with Crippen molar-refractivity contribution in [2.45, 2.75) is 23.9 Å². The number of aromatic nitrogens is 4. The van der Waals surface area contributed by atoms with Crippen molar-refractivity contribution in [2.75, 3.05) is 24.5 Å². The minimum absolute atomic E-state index is 0.0763. The van der Waals surface area contributed by atoms with Gasteiger partial charge in [-0.05, 0) is 29.7 Å². The van der Waals surface area contributed by atoms with Crippen molar-refractivity contribution in [1.29, 1.82) is 0 Å². The summed E-state index contributed by atoms with van der Waals surface area (Å²) in [6.45, 7) is 0.536. The van der Waals surface area contributed by atoms with E-state index in [0.29, 0.717) is 5.13 Å². The maximum atomic E-state index is 13.8. The number of oxime groups is 1. The van der Waals surface area contributed by atoms with Gasteiger partial charge in [-0.2, -0.15) is 9.36 Å². The van der Waals surface area contributed by atoms with Gasteiger partial charge in [-0.15, -0.1) is 23.1 Å². The van der Waals surface area contributed by atoms with Crippen molar-refractivity contribution in [3.05, 3.63) is 143 Å². The Kier molecular flexibility index (Phi) is 10.1. The number of benzene rings is 3. The number of nitrogens with one attached hydrogen (secondary N) is 2. The third kappa shape index (κ3) is 6.60. The number of carbonyl (C=O) groups excluding carboxylic acids is 2. The average molecular weight is 809 g/mol. The van der Waals surface area contributed by atoms with Crippen LogP contribution in [-0.4, -0.2) is 82.8 Å². The fraction of sp³-hybridized carbons (Fsp3) is 0.205. The number of rotatable bonds is 13. The first-order valence-electron chi connectivity index (χ1n) is 17.4. The second-order valence-corrected chi connectivity index (χ2v) is 16.1. The average Bonchev–Trinajstić information content (AvgIpc) is 3.97. The number of aliphatic carboxylic acids is 1. The van der Waals surface area contributed by atoms with Gasteiger partial charge in [-0.3, -0.25) is 18.8 Å². The van der Waals surface area contributed by atoms with Gasteiger partial charge in [0.2, 0.25) is 22.6 Å². The third-order valence-electron chi connectivity index (χ3n) is 9.88. The van der Waals surface area contributed by atoms with Crippen LogP contribution in [0.1, 0.15) is 33.1 Å². The number of nitrogens with zero attached hydrogens (tertiary/aromatic N) is 6. The number of carboxylic acid groups (broad SMARTS) is 1. The number of carboxylic acids is 1. The summed E-state index contributed by atoms with van der Waals surface area (Å²) in [5.74, 6) is -2.35. The number of alkyl halides is 1. The maximum absolute atomic E-state index is 13.8. The van der Waals surface area contributed by atoms with Crippen LogP contribution >= 0.6 is 34.6 Å². The highest BCUT2D eigenvalue weighted by Crippen LogP contribution is 2.44. The number of aryl methyl sites for hydroxylation is 1. The van der Waals surface area contributed by atoms with Gasteiger partial charge < -0.3 is 25.5 Å². The number of amides is 2. The molecule has 284 valence electrons. The van der Waals surface area contributed by atoms with E-state index in [-0.39, 0.29) is 18.1 Å². The lowest BCUT2D eigenvalue weighted by atomic mass is 9.77. The molecule has 0 bridgehead atoms. The maximum Gasteiger partial charge on any atom is 0.316 e. The van der Waals surface area contributed by atoms with Crippen LogP contribution in [0.3, 0.4) is 0 Å². The number of anilines is 1. The minimum atomic E-state index is -1.35. The molecule has 0 spiro atoms. The quantitative estimate of drug-likeness (QED) is 0.0564. The van der Waals surface area contributed by atoms with Gasteiger partial charge in [0.15, 0.2) is 0 Å². The minimum Gasteiger partial charge on any atom is -0.481 e. The van der Waals surface area contributed by atoms with Gasteiger partial charge in [0, 0.05) is 34.4 Å². The van der Waals surface area contributed by atoms with Crippen molar-refractivity contribution in [3.8, 4) is 0 Å². The van der Waals surface area contributed by atoms with E-state index in [1.54, 1.807) is 24.7 Å². The lowest BCUT2D eigenvalue weighted by Crippen LogP contribution is -2.73. The zero-order valence-electron chi connectivity index (χ0n) is 29.6. The van der Waals surface area contributed by atoms with Crippen LogP contribution in [0.4, 0.5) is 9.52 Å². The Balaban J connectivity index is 1.02. The highest BCUT2D eigenvalue weighted by molar-refractivity contribution is 8.00. The number of fused-ring (bicyclic) bond motifs is 2. The fourth-order valence-electron chi connectivity index (χ4n) is 7.00. The Labute approximate surface area is 332 Å². The normalized spacial score (nSPS) is 19.8. The molecule has 2 amide bonds. The molecule has 3 aromatic heterocycles. The topological polar surface area (TPSA) is 163 Å². The van der Waals surface area contributed by atoms with Crippen molar-refractivity contribution in [3.63, 3.8) is 0 Å². The van der Waals surface area contributed by atoms with Gasteiger partial charge >= 0.3 is 5.97 Å². The van der Waals surface area contributed by atoms with Crippen LogP contribution in [-0.2, 0) is 24.8 Å². The highest BCUT2D eigenvalue weighted by atomic mass is 32.2. The number of halogens is 1. The second kappa shape index (κ2) is 15.3. The first-order valence-corrected chi connectivity index (χ1v) is 20.0. The molecule has 3 N–H and O–H groups in total. The molecule has 0 radical (unpaired) electrons. The summed E-state index contributed by atoms with van der Waals surface area (Å²) in [5.41, 5.74) is 0.964. The molecule has 1 unspecified atom stereocenters. The summed E-state index contributed by atoms with van der Waals surface area (Å²) in [5, 5.41) is 20.1. The predicted octanol–water partition coefficient (Wildman–Crippen LogP) is 5.79. The summed E-state index contributed by atoms with van der Waals surface area (Å²) >= 11 is 3.72. The molecular formula is C39H33FN8O5S3. The number of imidazole rings is 1. The molecule has 3 atom stereocenters. The lowest BCUT2D eigenvalue weighted by molar-refractivity contribution is -0.156. The van der Waals surface area contributed by atoms with E-state index in [2.05, 4.69) is 35.0 Å². The van der Waals surface area contributed by atoms with E-state index in [1.165, 1.54) is 28.0 Å². The Morgan fingerprint density at radius 2 is 1.70 bits per heavy atom. The number of β-lactam (4-membered cyclic amide) rings is 1. The Bertz CT molecular complexity index is 2360. The van der Waals surface area contributed by atoms with Crippen molar-refractivity contribution in [2.24, 2.45) is 10.6 Å². The van der Waals surface area contributed by atoms with Gasteiger partial charge in [-0.25, -0.2) is 9.37 Å². The number of thiazole rings is 1. The van der Waals surface area contributed by atoms with E-state index >= 15 is 0 Å². The van der Waals surface area contributed by atoms with E-state index < -0.39 is 52.7 Å². The summed E-state index contributed by atoms with van der Waals surface area (Å²) in [6, 6.07) is 28.5. The third-order valence-corrected chi connectivity index (χ3v) is 13.2. The van der Waals surface area contributed by atoms with Crippen LogP contribution in [0, 0.1) is 12.3 Å². The standard InChI is InChI=1S/C39H33FN8O5S3/c1-24-28(55-29-19-41-23-48(24)29)17-18-38(36(51)52)20-47-34(50)31(35(47)54-21-38)42-33(49)30(45-53-22-40)32-43-37(56-46-32)44-39(25-11-5-2-6-12-25,26-13-7-3-8-14-26)27-15-9-4-10-16-27/h2-19,23,31,35H,20-22H2,1H3,(H,42,49)(H,51,52)(H,43,44,46)/t31-,35-,38?/m1/s1. The predicted molar refractivity (Wildman–Crippen MR) is 213 cm³/mol. The SMILES string of the molecule is Cc1c(C=CC2(C(=O)O)CS[C@@H]3[C@H](NC(=O)C(=NOCF)c4nsc(NC(c5ccccc5)(c5ccccc5)c5ccccc5)n4)C(=O)N3C2)sc2cncn12. The first-order chi connectivity index (χ1) is 27.2. The molecule has 6 aromatic rings. The van der Waals surface area contributed by atoms with E-state index in [0.717, 1.165) is 43.6 Å². The second-order valence-electron chi connectivity index (χ2n) is 13.1. The van der Waals surface area contributed by atoms with Gasteiger partial charge in [0.1, 0.15) is 33.5 Å². The zero-order valence-corrected chi connectivity index (χ0v) is 32.1. The first kappa shape index (κ1) is 37.0. The Morgan fingerprint density at radius 3 is 2.29 bits per heavy atom. The van der Waals surface area contributed by atoms with Gasteiger partial charge in [0.25, 0.3) is 12.8 Å². The van der Waals surface area contributed by atoms with Crippen LogP contribution in [0.15, 0.2) is 115 Å². The lowest BCUT2D eigenvalue weighted by Gasteiger charge is -2.53. The number of hydrogen-bond acceptors (Lipinski definition) is 12. The Morgan fingerprint density at radius 1 is 1.05 bits per heavy atom. The molecular weight excluding hydrogens is 776 g/mol. The molecule has 56 heavy (non-hydrogen) atoms. The smallest absolute Gasteiger partial charge is 0.316 e. The molecule has 13 nitrogen and oxygen atoms in total. The van der Waals surface area contributed by atoms with E-state index in [4.69, 9.17) is 0 Å². The molecule has 17 heteroatoms. The molecule has 0 saturated carbocycles. The zero-order chi connectivity index (χ0) is 38.9. The number of hydrogen-bond donors (Lipinski definition) is 3. The summed E-state index contributed by atoms with van der Waals surface area (Å²) in [4.78, 5) is 56.6. The summed E-state index contributed by atoms with van der Waals surface area (Å²) < 4.78 is 19.6. The fourth-order valence-corrected chi connectivity index (χ4v) is 10.1.